The van der Waals surface area contributed by atoms with Crippen molar-refractivity contribution in [3.63, 3.8) is 0 Å². The van der Waals surface area contributed by atoms with Crippen molar-refractivity contribution >= 4 is 11.7 Å². The van der Waals surface area contributed by atoms with E-state index in [2.05, 4.69) is 15.4 Å². The Hall–Kier alpha value is -1.40. The van der Waals surface area contributed by atoms with Crippen LogP contribution in [0.15, 0.2) is 10.6 Å². The molecule has 19 heavy (non-hydrogen) atoms. The standard InChI is InChI=1S/C13H21N3O3/c1-10-8-12(15-19-10)14-13(18)9-16(6-3-7-17)11-4-2-5-11/h8,11,17H,2-7,9H2,1H3,(H,14,15,18). The number of aromatic nitrogens is 1. The van der Waals surface area contributed by atoms with Crippen LogP contribution in [-0.2, 0) is 4.79 Å². The summed E-state index contributed by atoms with van der Waals surface area (Å²) in [6.45, 7) is 3.04. The molecule has 0 atom stereocenters. The highest BCUT2D eigenvalue weighted by Gasteiger charge is 2.26. The van der Waals surface area contributed by atoms with Crippen LogP contribution in [0.4, 0.5) is 5.82 Å². The number of nitrogens with one attached hydrogen (secondary N) is 1. The Bertz CT molecular complexity index is 415. The Morgan fingerprint density at radius 2 is 2.42 bits per heavy atom. The molecular formula is C13H21N3O3. The summed E-state index contributed by atoms with van der Waals surface area (Å²) in [5.74, 6) is 1.04. The lowest BCUT2D eigenvalue weighted by Gasteiger charge is -2.37. The van der Waals surface area contributed by atoms with Gasteiger partial charge in [0.1, 0.15) is 5.76 Å². The summed E-state index contributed by atoms with van der Waals surface area (Å²) in [5.41, 5.74) is 0. The zero-order valence-corrected chi connectivity index (χ0v) is 11.3. The average molecular weight is 267 g/mol. The molecule has 1 amide bonds. The van der Waals surface area contributed by atoms with E-state index < -0.39 is 0 Å². The maximum atomic E-state index is 11.9. The quantitative estimate of drug-likeness (QED) is 0.775. The van der Waals surface area contributed by atoms with Gasteiger partial charge < -0.3 is 14.9 Å². The van der Waals surface area contributed by atoms with Gasteiger partial charge in [-0.1, -0.05) is 11.6 Å². The van der Waals surface area contributed by atoms with Crippen LogP contribution in [0, 0.1) is 6.92 Å². The first-order valence-corrected chi connectivity index (χ1v) is 6.77. The summed E-state index contributed by atoms with van der Waals surface area (Å²) in [5, 5.41) is 15.4. The molecule has 1 fully saturated rings. The molecule has 1 saturated carbocycles. The molecule has 1 aliphatic carbocycles. The number of aliphatic hydroxyl groups is 1. The van der Waals surface area contributed by atoms with Crippen LogP contribution in [0.2, 0.25) is 0 Å². The third kappa shape index (κ3) is 4.04. The number of carbonyl (C=O) groups is 1. The minimum atomic E-state index is -0.0851. The molecule has 106 valence electrons. The van der Waals surface area contributed by atoms with E-state index in [1.165, 1.54) is 6.42 Å². The van der Waals surface area contributed by atoms with Crippen molar-refractivity contribution in [3.05, 3.63) is 11.8 Å². The number of rotatable bonds is 7. The van der Waals surface area contributed by atoms with Gasteiger partial charge in [-0.2, -0.15) is 0 Å². The maximum Gasteiger partial charge on any atom is 0.239 e. The predicted molar refractivity (Wildman–Crippen MR) is 70.8 cm³/mol. The fourth-order valence-corrected chi connectivity index (χ4v) is 2.21. The van der Waals surface area contributed by atoms with Crippen LogP contribution in [-0.4, -0.2) is 46.8 Å². The third-order valence-electron chi connectivity index (χ3n) is 3.44. The average Bonchev–Trinajstić information content (AvgIpc) is 2.69. The van der Waals surface area contributed by atoms with E-state index in [9.17, 15) is 4.79 Å². The molecule has 0 bridgehead atoms. The number of aryl methyl sites for hydroxylation is 1. The Morgan fingerprint density at radius 1 is 1.63 bits per heavy atom. The largest absolute Gasteiger partial charge is 0.396 e. The van der Waals surface area contributed by atoms with Crippen molar-refractivity contribution in [2.75, 3.05) is 25.0 Å². The van der Waals surface area contributed by atoms with Gasteiger partial charge in [0.2, 0.25) is 5.91 Å². The molecule has 2 rings (SSSR count). The summed E-state index contributed by atoms with van der Waals surface area (Å²) >= 11 is 0. The topological polar surface area (TPSA) is 78.6 Å². The van der Waals surface area contributed by atoms with Crippen LogP contribution in [0.1, 0.15) is 31.4 Å². The fraction of sp³-hybridized carbons (Fsp3) is 0.692. The third-order valence-corrected chi connectivity index (χ3v) is 3.44. The van der Waals surface area contributed by atoms with Crippen LogP contribution in [0.5, 0.6) is 0 Å². The van der Waals surface area contributed by atoms with E-state index in [-0.39, 0.29) is 12.5 Å². The second kappa shape index (κ2) is 6.68. The van der Waals surface area contributed by atoms with E-state index in [4.69, 9.17) is 9.63 Å². The van der Waals surface area contributed by atoms with Crippen LogP contribution in [0.25, 0.3) is 0 Å². The Balaban J connectivity index is 1.83. The first-order chi connectivity index (χ1) is 9.19. The molecule has 6 nitrogen and oxygen atoms in total. The summed E-state index contributed by atoms with van der Waals surface area (Å²) in [6.07, 6.45) is 4.21. The molecule has 0 unspecified atom stereocenters. The Labute approximate surface area is 112 Å². The van der Waals surface area contributed by atoms with Crippen molar-refractivity contribution in [1.29, 1.82) is 0 Å². The van der Waals surface area contributed by atoms with Gasteiger partial charge in [-0.15, -0.1) is 0 Å². The highest BCUT2D eigenvalue weighted by Crippen LogP contribution is 2.24. The minimum absolute atomic E-state index is 0.0851. The van der Waals surface area contributed by atoms with Gasteiger partial charge in [0.05, 0.1) is 6.54 Å². The van der Waals surface area contributed by atoms with E-state index in [1.807, 2.05) is 0 Å². The predicted octanol–water partition coefficient (Wildman–Crippen LogP) is 1.16. The lowest BCUT2D eigenvalue weighted by Crippen LogP contribution is -2.45. The smallest absolute Gasteiger partial charge is 0.239 e. The van der Waals surface area contributed by atoms with E-state index in [0.717, 1.165) is 19.4 Å². The van der Waals surface area contributed by atoms with Crippen molar-refractivity contribution < 1.29 is 14.4 Å². The molecule has 1 heterocycles. The zero-order chi connectivity index (χ0) is 13.7. The molecule has 0 aromatic carbocycles. The summed E-state index contributed by atoms with van der Waals surface area (Å²) in [6, 6.07) is 2.18. The summed E-state index contributed by atoms with van der Waals surface area (Å²) in [7, 11) is 0. The molecule has 2 N–H and O–H groups in total. The Morgan fingerprint density at radius 3 is 2.95 bits per heavy atom. The number of nitrogens with zero attached hydrogens (tertiary/aromatic N) is 2. The molecule has 0 spiro atoms. The van der Waals surface area contributed by atoms with Gasteiger partial charge in [0, 0.05) is 25.3 Å². The lowest BCUT2D eigenvalue weighted by atomic mass is 9.91. The maximum absolute atomic E-state index is 11.9. The number of carbonyl (C=O) groups excluding carboxylic acids is 1. The first-order valence-electron chi connectivity index (χ1n) is 6.77. The number of hydrogen-bond donors (Lipinski definition) is 2. The lowest BCUT2D eigenvalue weighted by molar-refractivity contribution is -0.118. The fourth-order valence-electron chi connectivity index (χ4n) is 2.21. The highest BCUT2D eigenvalue weighted by molar-refractivity contribution is 5.91. The van der Waals surface area contributed by atoms with Crippen LogP contribution < -0.4 is 5.32 Å². The van der Waals surface area contributed by atoms with Crippen molar-refractivity contribution in [2.24, 2.45) is 0 Å². The van der Waals surface area contributed by atoms with Gasteiger partial charge in [-0.3, -0.25) is 9.69 Å². The first kappa shape index (κ1) is 14.0. The molecule has 1 aromatic rings. The van der Waals surface area contributed by atoms with Crippen LogP contribution in [0.3, 0.4) is 0 Å². The normalized spacial score (nSPS) is 15.5. The number of aliphatic hydroxyl groups excluding tert-OH is 1. The number of amides is 1. The highest BCUT2D eigenvalue weighted by atomic mass is 16.5. The summed E-state index contributed by atoms with van der Waals surface area (Å²) < 4.78 is 4.90. The van der Waals surface area contributed by atoms with Gasteiger partial charge >= 0.3 is 0 Å². The Kier molecular flexibility index (Phi) is 4.93. The summed E-state index contributed by atoms with van der Waals surface area (Å²) in [4.78, 5) is 14.1. The number of anilines is 1. The molecule has 6 heteroatoms. The van der Waals surface area contributed by atoms with Crippen molar-refractivity contribution in [1.82, 2.24) is 10.1 Å². The second-order valence-corrected chi connectivity index (χ2v) is 5.00. The van der Waals surface area contributed by atoms with E-state index in [0.29, 0.717) is 30.6 Å². The van der Waals surface area contributed by atoms with Crippen LogP contribution >= 0.6 is 0 Å². The molecule has 1 aliphatic rings. The second-order valence-electron chi connectivity index (χ2n) is 5.00. The SMILES string of the molecule is Cc1cc(NC(=O)CN(CCCO)C2CCC2)no1. The number of hydrogen-bond acceptors (Lipinski definition) is 5. The van der Waals surface area contributed by atoms with Gasteiger partial charge in [-0.25, -0.2) is 0 Å². The molecule has 0 aliphatic heterocycles. The minimum Gasteiger partial charge on any atom is -0.396 e. The zero-order valence-electron chi connectivity index (χ0n) is 11.3. The monoisotopic (exact) mass is 267 g/mol. The van der Waals surface area contributed by atoms with Crippen molar-refractivity contribution in [3.8, 4) is 0 Å². The molecular weight excluding hydrogens is 246 g/mol. The molecule has 1 aromatic heterocycles. The van der Waals surface area contributed by atoms with E-state index in [1.54, 1.807) is 13.0 Å². The van der Waals surface area contributed by atoms with Crippen molar-refractivity contribution in [2.45, 2.75) is 38.6 Å². The molecule has 0 radical (unpaired) electrons. The van der Waals surface area contributed by atoms with Gasteiger partial charge in [0.15, 0.2) is 5.82 Å². The van der Waals surface area contributed by atoms with Gasteiger partial charge in [0.25, 0.3) is 0 Å². The molecule has 0 saturated heterocycles. The van der Waals surface area contributed by atoms with E-state index >= 15 is 0 Å². The van der Waals surface area contributed by atoms with Gasteiger partial charge in [-0.05, 0) is 26.2 Å².